The van der Waals surface area contributed by atoms with Gasteiger partial charge in [-0.25, -0.2) is 0 Å². The van der Waals surface area contributed by atoms with Crippen molar-refractivity contribution in [2.24, 2.45) is 5.41 Å². The van der Waals surface area contributed by atoms with Crippen LogP contribution in [0.15, 0.2) is 18.2 Å². The van der Waals surface area contributed by atoms with Crippen LogP contribution in [0, 0.1) is 5.41 Å². The van der Waals surface area contributed by atoms with Gasteiger partial charge in [-0.05, 0) is 30.5 Å². The van der Waals surface area contributed by atoms with E-state index >= 15 is 0 Å². The zero-order valence-electron chi connectivity index (χ0n) is 11.1. The fourth-order valence-corrected chi connectivity index (χ4v) is 2.10. The van der Waals surface area contributed by atoms with E-state index in [1.807, 2.05) is 27.7 Å². The highest BCUT2D eigenvalue weighted by Crippen LogP contribution is 2.29. The molecule has 0 aliphatic carbocycles. The number of hydrogen-bond acceptors (Lipinski definition) is 2. The number of ether oxygens (including phenoxy) is 1. The molecule has 0 bridgehead atoms. The summed E-state index contributed by atoms with van der Waals surface area (Å²) >= 11 is 12.0. The van der Waals surface area contributed by atoms with Crippen LogP contribution in [0.3, 0.4) is 0 Å². The van der Waals surface area contributed by atoms with Crippen molar-refractivity contribution in [3.05, 3.63) is 33.8 Å². The molecule has 0 N–H and O–H groups in total. The van der Waals surface area contributed by atoms with Crippen molar-refractivity contribution in [1.82, 2.24) is 0 Å². The van der Waals surface area contributed by atoms with Crippen molar-refractivity contribution in [3.8, 4) is 0 Å². The molecule has 1 aromatic carbocycles. The Morgan fingerprint density at radius 3 is 2.44 bits per heavy atom. The Bertz CT molecular complexity index is 436. The minimum atomic E-state index is -0.529. The van der Waals surface area contributed by atoms with Crippen molar-refractivity contribution in [2.75, 3.05) is 6.61 Å². The van der Waals surface area contributed by atoms with E-state index in [1.165, 1.54) is 0 Å². The summed E-state index contributed by atoms with van der Waals surface area (Å²) < 4.78 is 5.57. The second-order valence-electron chi connectivity index (χ2n) is 5.19. The lowest BCUT2D eigenvalue weighted by Gasteiger charge is -2.29. The summed E-state index contributed by atoms with van der Waals surface area (Å²) in [6.45, 7) is 8.23. The van der Waals surface area contributed by atoms with E-state index in [1.54, 1.807) is 18.2 Å². The highest BCUT2D eigenvalue weighted by Gasteiger charge is 2.33. The monoisotopic (exact) mass is 288 g/mol. The van der Waals surface area contributed by atoms with Crippen LogP contribution in [0.2, 0.25) is 10.0 Å². The van der Waals surface area contributed by atoms with Crippen molar-refractivity contribution in [2.45, 2.75) is 33.8 Å². The summed E-state index contributed by atoms with van der Waals surface area (Å²) in [7, 11) is 0. The molecule has 1 unspecified atom stereocenters. The summed E-state index contributed by atoms with van der Waals surface area (Å²) in [4.78, 5) is 12.5. The topological polar surface area (TPSA) is 26.3 Å². The Morgan fingerprint density at radius 2 is 1.94 bits per heavy atom. The fourth-order valence-electron chi connectivity index (χ4n) is 1.71. The Balaban J connectivity index is 3.13. The Hall–Kier alpha value is -0.570. The minimum Gasteiger partial charge on any atom is -0.370 e. The highest BCUT2D eigenvalue weighted by molar-refractivity contribution is 6.36. The van der Waals surface area contributed by atoms with E-state index < -0.39 is 6.10 Å². The highest BCUT2D eigenvalue weighted by atomic mass is 35.5. The average molecular weight is 289 g/mol. The van der Waals surface area contributed by atoms with Gasteiger partial charge >= 0.3 is 0 Å². The van der Waals surface area contributed by atoms with Crippen molar-refractivity contribution >= 4 is 29.0 Å². The van der Waals surface area contributed by atoms with Gasteiger partial charge in [-0.2, -0.15) is 0 Å². The molecule has 0 saturated carbocycles. The molecule has 1 atom stereocenters. The predicted octanol–water partition coefficient (Wildman–Crippen LogP) is 4.63. The van der Waals surface area contributed by atoms with Gasteiger partial charge in [0, 0.05) is 17.2 Å². The van der Waals surface area contributed by atoms with Crippen LogP contribution in [-0.4, -0.2) is 18.5 Å². The summed E-state index contributed by atoms with van der Waals surface area (Å²) in [6.07, 6.45) is -0.529. The van der Waals surface area contributed by atoms with Gasteiger partial charge in [0.2, 0.25) is 0 Å². The summed E-state index contributed by atoms with van der Waals surface area (Å²) in [6, 6.07) is 4.88. The molecule has 0 fully saturated rings. The lowest BCUT2D eigenvalue weighted by atomic mass is 9.84. The molecule has 4 heteroatoms. The van der Waals surface area contributed by atoms with E-state index in [9.17, 15) is 4.79 Å². The third-order valence-corrected chi connectivity index (χ3v) is 3.12. The van der Waals surface area contributed by atoms with E-state index in [2.05, 4.69) is 0 Å². The van der Waals surface area contributed by atoms with Crippen LogP contribution >= 0.6 is 23.2 Å². The zero-order valence-corrected chi connectivity index (χ0v) is 12.6. The molecule has 0 aliphatic rings. The zero-order chi connectivity index (χ0) is 13.9. The van der Waals surface area contributed by atoms with Crippen LogP contribution in [0.25, 0.3) is 0 Å². The Labute approximate surface area is 118 Å². The standard InChI is InChI=1S/C14H18Cl2O2/c1-5-18-13(14(2,3)4)12(17)10-8-9(15)6-7-11(10)16/h6-8,13H,5H2,1-4H3. The van der Waals surface area contributed by atoms with Crippen LogP contribution < -0.4 is 0 Å². The normalized spacial score (nSPS) is 13.4. The molecule has 0 aromatic heterocycles. The van der Waals surface area contributed by atoms with Crippen molar-refractivity contribution < 1.29 is 9.53 Å². The quantitative estimate of drug-likeness (QED) is 0.755. The van der Waals surface area contributed by atoms with Gasteiger partial charge in [-0.1, -0.05) is 44.0 Å². The first-order valence-electron chi connectivity index (χ1n) is 5.88. The van der Waals surface area contributed by atoms with E-state index in [0.29, 0.717) is 22.2 Å². The maximum absolute atomic E-state index is 12.5. The maximum Gasteiger partial charge on any atom is 0.193 e. The predicted molar refractivity (Wildman–Crippen MR) is 75.7 cm³/mol. The molecule has 2 nitrogen and oxygen atoms in total. The lowest BCUT2D eigenvalue weighted by Crippen LogP contribution is -2.37. The van der Waals surface area contributed by atoms with Gasteiger partial charge in [0.25, 0.3) is 0 Å². The molecule has 0 spiro atoms. The number of halogens is 2. The number of hydrogen-bond donors (Lipinski definition) is 0. The summed E-state index contributed by atoms with van der Waals surface area (Å²) in [5.74, 6) is -0.128. The number of carbonyl (C=O) groups excluding carboxylic acids is 1. The Kier molecular flexibility index (Phi) is 5.20. The Morgan fingerprint density at radius 1 is 1.33 bits per heavy atom. The van der Waals surface area contributed by atoms with E-state index in [4.69, 9.17) is 27.9 Å². The van der Waals surface area contributed by atoms with Crippen LogP contribution in [0.5, 0.6) is 0 Å². The first-order valence-corrected chi connectivity index (χ1v) is 6.63. The first kappa shape index (κ1) is 15.5. The number of rotatable bonds is 4. The van der Waals surface area contributed by atoms with Gasteiger partial charge in [-0.15, -0.1) is 0 Å². The van der Waals surface area contributed by atoms with Gasteiger partial charge < -0.3 is 4.74 Å². The molecule has 0 amide bonds. The molecular weight excluding hydrogens is 271 g/mol. The van der Waals surface area contributed by atoms with Crippen molar-refractivity contribution in [3.63, 3.8) is 0 Å². The lowest BCUT2D eigenvalue weighted by molar-refractivity contribution is -0.000208. The fraction of sp³-hybridized carbons (Fsp3) is 0.500. The van der Waals surface area contributed by atoms with E-state index in [0.717, 1.165) is 0 Å². The van der Waals surface area contributed by atoms with Crippen LogP contribution in [0.1, 0.15) is 38.1 Å². The van der Waals surface area contributed by atoms with Gasteiger partial charge in [0.15, 0.2) is 5.78 Å². The molecule has 0 aliphatic heterocycles. The SMILES string of the molecule is CCOC(C(=O)c1cc(Cl)ccc1Cl)C(C)(C)C. The minimum absolute atomic E-state index is 0.128. The summed E-state index contributed by atoms with van der Waals surface area (Å²) in [5, 5.41) is 0.894. The number of Topliss-reactive ketones (excluding diaryl/α,β-unsaturated/α-hetero) is 1. The molecule has 0 heterocycles. The number of ketones is 1. The second-order valence-corrected chi connectivity index (χ2v) is 6.03. The molecule has 18 heavy (non-hydrogen) atoms. The number of carbonyl (C=O) groups is 1. The van der Waals surface area contributed by atoms with Gasteiger partial charge in [0.05, 0.1) is 5.02 Å². The molecule has 100 valence electrons. The molecule has 0 radical (unpaired) electrons. The van der Waals surface area contributed by atoms with Gasteiger partial charge in [-0.3, -0.25) is 4.79 Å². The average Bonchev–Trinajstić information content (AvgIpc) is 2.27. The maximum atomic E-state index is 12.5. The largest absolute Gasteiger partial charge is 0.370 e. The second kappa shape index (κ2) is 6.05. The smallest absolute Gasteiger partial charge is 0.193 e. The first-order chi connectivity index (χ1) is 8.27. The molecular formula is C14H18Cl2O2. The summed E-state index contributed by atoms with van der Waals surface area (Å²) in [5.41, 5.74) is 0.121. The van der Waals surface area contributed by atoms with Crippen LogP contribution in [-0.2, 0) is 4.74 Å². The van der Waals surface area contributed by atoms with Crippen LogP contribution in [0.4, 0.5) is 0 Å². The van der Waals surface area contributed by atoms with Gasteiger partial charge in [0.1, 0.15) is 6.10 Å². The molecule has 1 aromatic rings. The molecule has 1 rings (SSSR count). The third-order valence-electron chi connectivity index (χ3n) is 2.55. The van der Waals surface area contributed by atoms with Crippen molar-refractivity contribution in [1.29, 1.82) is 0 Å². The van der Waals surface area contributed by atoms with E-state index in [-0.39, 0.29) is 11.2 Å². The third kappa shape index (κ3) is 3.71. The molecule has 0 saturated heterocycles. The number of benzene rings is 1.